The molecule has 7 heteroatoms. The lowest BCUT2D eigenvalue weighted by Gasteiger charge is -2.07. The maximum Gasteiger partial charge on any atom is 0.257 e. The van der Waals surface area contributed by atoms with Gasteiger partial charge in [-0.3, -0.25) is 4.79 Å². The molecule has 0 aliphatic carbocycles. The van der Waals surface area contributed by atoms with Gasteiger partial charge in [0.2, 0.25) is 11.8 Å². The summed E-state index contributed by atoms with van der Waals surface area (Å²) in [5, 5.41) is 11.3. The molecule has 0 fully saturated rings. The van der Waals surface area contributed by atoms with E-state index in [1.54, 1.807) is 43.3 Å². The van der Waals surface area contributed by atoms with E-state index in [1.165, 1.54) is 6.07 Å². The first-order chi connectivity index (χ1) is 11.0. The fraction of sp³-hybridized carbons (Fsp3) is 0.0625. The number of aryl methyl sites for hydroxylation is 1. The lowest BCUT2D eigenvalue weighted by molar-refractivity contribution is 0.102. The Morgan fingerprint density at radius 2 is 1.83 bits per heavy atom. The molecule has 0 saturated heterocycles. The van der Waals surface area contributed by atoms with Crippen LogP contribution in [0.3, 0.4) is 0 Å². The summed E-state index contributed by atoms with van der Waals surface area (Å²) in [6.07, 6.45) is 0. The molecule has 2 aromatic carbocycles. The minimum Gasteiger partial charge on any atom is -0.421 e. The molecular formula is C16H11Cl2N3O2. The summed E-state index contributed by atoms with van der Waals surface area (Å²) in [4.78, 5) is 12.2. The molecular weight excluding hydrogens is 337 g/mol. The van der Waals surface area contributed by atoms with E-state index in [2.05, 4.69) is 15.5 Å². The summed E-state index contributed by atoms with van der Waals surface area (Å²) in [5.41, 5.74) is 1.75. The van der Waals surface area contributed by atoms with Crippen LogP contribution in [0.5, 0.6) is 0 Å². The molecule has 0 saturated carbocycles. The van der Waals surface area contributed by atoms with Gasteiger partial charge in [-0.25, -0.2) is 0 Å². The Morgan fingerprint density at radius 1 is 1.09 bits per heavy atom. The van der Waals surface area contributed by atoms with Crippen molar-refractivity contribution in [1.29, 1.82) is 0 Å². The number of benzene rings is 2. The SMILES string of the molecule is Cc1nnc(-c2ccc(NC(=O)c3ccc(Cl)cc3Cl)cc2)o1. The van der Waals surface area contributed by atoms with Crippen LogP contribution in [0, 0.1) is 6.92 Å². The molecule has 3 rings (SSSR count). The van der Waals surface area contributed by atoms with Crippen LogP contribution < -0.4 is 5.32 Å². The Balaban J connectivity index is 1.76. The number of rotatable bonds is 3. The normalized spacial score (nSPS) is 10.6. The zero-order valence-corrected chi connectivity index (χ0v) is 13.5. The highest BCUT2D eigenvalue weighted by Gasteiger charge is 2.11. The van der Waals surface area contributed by atoms with Crippen molar-refractivity contribution in [1.82, 2.24) is 10.2 Å². The third-order valence-electron chi connectivity index (χ3n) is 3.09. The third kappa shape index (κ3) is 3.52. The van der Waals surface area contributed by atoms with Gasteiger partial charge in [-0.15, -0.1) is 10.2 Å². The maximum absolute atomic E-state index is 12.2. The van der Waals surface area contributed by atoms with E-state index < -0.39 is 0 Å². The molecule has 1 N–H and O–H groups in total. The van der Waals surface area contributed by atoms with Crippen molar-refractivity contribution in [2.24, 2.45) is 0 Å². The molecule has 0 aliphatic rings. The summed E-state index contributed by atoms with van der Waals surface area (Å²) in [5.74, 6) is 0.615. The monoisotopic (exact) mass is 347 g/mol. The van der Waals surface area contributed by atoms with Gasteiger partial charge in [-0.05, 0) is 42.5 Å². The van der Waals surface area contributed by atoms with E-state index in [9.17, 15) is 4.79 Å². The molecule has 0 radical (unpaired) electrons. The second kappa shape index (κ2) is 6.40. The van der Waals surface area contributed by atoms with Gasteiger partial charge in [0.1, 0.15) is 0 Å². The smallest absolute Gasteiger partial charge is 0.257 e. The molecule has 1 amide bonds. The highest BCUT2D eigenvalue weighted by Crippen LogP contribution is 2.23. The van der Waals surface area contributed by atoms with Crippen LogP contribution in [0.4, 0.5) is 5.69 Å². The van der Waals surface area contributed by atoms with Crippen LogP contribution in [0.15, 0.2) is 46.9 Å². The van der Waals surface area contributed by atoms with Gasteiger partial charge in [0, 0.05) is 23.2 Å². The van der Waals surface area contributed by atoms with Crippen molar-refractivity contribution in [2.45, 2.75) is 6.92 Å². The molecule has 0 bridgehead atoms. The van der Waals surface area contributed by atoms with Crippen molar-refractivity contribution in [3.8, 4) is 11.5 Å². The number of carbonyl (C=O) groups excluding carboxylic acids is 1. The molecule has 1 aromatic heterocycles. The van der Waals surface area contributed by atoms with E-state index in [0.29, 0.717) is 33.1 Å². The Labute approximate surface area is 142 Å². The van der Waals surface area contributed by atoms with E-state index in [0.717, 1.165) is 5.56 Å². The zero-order valence-electron chi connectivity index (χ0n) is 12.0. The van der Waals surface area contributed by atoms with Gasteiger partial charge >= 0.3 is 0 Å². The third-order valence-corrected chi connectivity index (χ3v) is 3.64. The quantitative estimate of drug-likeness (QED) is 0.751. The van der Waals surface area contributed by atoms with Crippen LogP contribution in [-0.2, 0) is 0 Å². The van der Waals surface area contributed by atoms with Crippen molar-refractivity contribution in [3.05, 3.63) is 64.0 Å². The number of nitrogens with zero attached hydrogens (tertiary/aromatic N) is 2. The number of nitrogens with one attached hydrogen (secondary N) is 1. The molecule has 0 spiro atoms. The average molecular weight is 348 g/mol. The van der Waals surface area contributed by atoms with Crippen molar-refractivity contribution >= 4 is 34.8 Å². The van der Waals surface area contributed by atoms with Crippen LogP contribution >= 0.6 is 23.2 Å². The van der Waals surface area contributed by atoms with Crippen LogP contribution in [0.25, 0.3) is 11.5 Å². The van der Waals surface area contributed by atoms with Gasteiger partial charge in [-0.2, -0.15) is 0 Å². The topological polar surface area (TPSA) is 68.0 Å². The minimum absolute atomic E-state index is 0.299. The first kappa shape index (κ1) is 15.5. The molecule has 0 aliphatic heterocycles. The first-order valence-corrected chi connectivity index (χ1v) is 7.45. The lowest BCUT2D eigenvalue weighted by Crippen LogP contribution is -2.12. The minimum atomic E-state index is -0.312. The number of hydrogen-bond acceptors (Lipinski definition) is 4. The molecule has 1 heterocycles. The molecule has 0 atom stereocenters. The predicted molar refractivity (Wildman–Crippen MR) is 88.9 cm³/mol. The highest BCUT2D eigenvalue weighted by molar-refractivity contribution is 6.37. The number of amides is 1. The number of anilines is 1. The van der Waals surface area contributed by atoms with Crippen LogP contribution in [0.2, 0.25) is 10.0 Å². The van der Waals surface area contributed by atoms with Crippen molar-refractivity contribution in [2.75, 3.05) is 5.32 Å². The second-order valence-corrected chi connectivity index (χ2v) is 5.63. The lowest BCUT2D eigenvalue weighted by atomic mass is 10.2. The summed E-state index contributed by atoms with van der Waals surface area (Å²) >= 11 is 11.8. The van der Waals surface area contributed by atoms with E-state index >= 15 is 0 Å². The number of aromatic nitrogens is 2. The first-order valence-electron chi connectivity index (χ1n) is 6.70. The van der Waals surface area contributed by atoms with Gasteiger partial charge < -0.3 is 9.73 Å². The summed E-state index contributed by atoms with van der Waals surface area (Å²) in [7, 11) is 0. The molecule has 0 unspecified atom stereocenters. The van der Waals surface area contributed by atoms with Gasteiger partial charge in [-0.1, -0.05) is 23.2 Å². The largest absolute Gasteiger partial charge is 0.421 e. The summed E-state index contributed by atoms with van der Waals surface area (Å²) in [6, 6.07) is 11.8. The van der Waals surface area contributed by atoms with Gasteiger partial charge in [0.15, 0.2) is 0 Å². The van der Waals surface area contributed by atoms with Gasteiger partial charge in [0.25, 0.3) is 5.91 Å². The predicted octanol–water partition coefficient (Wildman–Crippen LogP) is 4.60. The van der Waals surface area contributed by atoms with E-state index in [-0.39, 0.29) is 5.91 Å². The standard InChI is InChI=1S/C16H11Cl2N3O2/c1-9-20-21-16(23-9)10-2-5-12(6-3-10)19-15(22)13-7-4-11(17)8-14(13)18/h2-8H,1H3,(H,19,22). The van der Waals surface area contributed by atoms with Gasteiger partial charge in [0.05, 0.1) is 10.6 Å². The van der Waals surface area contributed by atoms with Crippen LogP contribution in [0.1, 0.15) is 16.2 Å². The van der Waals surface area contributed by atoms with E-state index in [4.69, 9.17) is 27.6 Å². The Bertz CT molecular complexity index is 860. The Kier molecular flexibility index (Phi) is 4.32. The molecule has 3 aromatic rings. The zero-order chi connectivity index (χ0) is 16.4. The summed E-state index contributed by atoms with van der Waals surface area (Å²) in [6.45, 7) is 1.72. The maximum atomic E-state index is 12.2. The average Bonchev–Trinajstić information content (AvgIpc) is 2.94. The van der Waals surface area contributed by atoms with Crippen LogP contribution in [-0.4, -0.2) is 16.1 Å². The van der Waals surface area contributed by atoms with E-state index in [1.807, 2.05) is 0 Å². The fourth-order valence-corrected chi connectivity index (χ4v) is 2.48. The summed E-state index contributed by atoms with van der Waals surface area (Å²) < 4.78 is 5.35. The molecule has 5 nitrogen and oxygen atoms in total. The number of halogens is 2. The fourth-order valence-electron chi connectivity index (χ4n) is 1.98. The number of carbonyl (C=O) groups is 1. The van der Waals surface area contributed by atoms with Crippen molar-refractivity contribution in [3.63, 3.8) is 0 Å². The Hall–Kier alpha value is -2.37. The molecule has 23 heavy (non-hydrogen) atoms. The number of hydrogen-bond donors (Lipinski definition) is 1. The van der Waals surface area contributed by atoms with Crippen molar-refractivity contribution < 1.29 is 9.21 Å². The second-order valence-electron chi connectivity index (χ2n) is 4.78. The highest BCUT2D eigenvalue weighted by atomic mass is 35.5. The Morgan fingerprint density at radius 3 is 2.43 bits per heavy atom. The molecule has 116 valence electrons.